The topological polar surface area (TPSA) is 120 Å². The van der Waals surface area contributed by atoms with Crippen molar-refractivity contribution in [2.45, 2.75) is 6.54 Å². The van der Waals surface area contributed by atoms with Crippen LogP contribution in [0.1, 0.15) is 10.5 Å². The molecular formula is C11H13N5O2. The molecule has 0 saturated heterocycles. The first-order valence-corrected chi connectivity index (χ1v) is 5.36. The molecule has 0 spiro atoms. The number of hydrogen-bond donors (Lipinski definition) is 3. The summed E-state index contributed by atoms with van der Waals surface area (Å²) in [6, 6.07) is 6.85. The fourth-order valence-electron chi connectivity index (χ4n) is 1.66. The number of carbonyl (C=O) groups is 1. The molecule has 1 aromatic heterocycles. The predicted octanol–water partition coefficient (Wildman–Crippen LogP) is 0.184. The van der Waals surface area contributed by atoms with Gasteiger partial charge < -0.3 is 16.6 Å². The van der Waals surface area contributed by atoms with Gasteiger partial charge in [-0.25, -0.2) is 9.48 Å². The molecule has 0 radical (unpaired) electrons. The monoisotopic (exact) mass is 247 g/mol. The molecule has 94 valence electrons. The summed E-state index contributed by atoms with van der Waals surface area (Å²) >= 11 is 0. The van der Waals surface area contributed by atoms with Crippen LogP contribution in [-0.2, 0) is 6.54 Å². The van der Waals surface area contributed by atoms with Gasteiger partial charge in [0.2, 0.25) is 0 Å². The van der Waals surface area contributed by atoms with Crippen molar-refractivity contribution in [2.24, 2.45) is 5.73 Å². The van der Waals surface area contributed by atoms with Gasteiger partial charge in [-0.3, -0.25) is 0 Å². The second kappa shape index (κ2) is 4.84. The Labute approximate surface area is 103 Å². The quantitative estimate of drug-likeness (QED) is 0.663. The van der Waals surface area contributed by atoms with E-state index in [2.05, 4.69) is 10.3 Å². The Bertz CT molecular complexity index is 561. The van der Waals surface area contributed by atoms with Crippen molar-refractivity contribution in [1.82, 2.24) is 15.0 Å². The molecule has 5 N–H and O–H groups in total. The van der Waals surface area contributed by atoms with Gasteiger partial charge in [-0.2, -0.15) is 0 Å². The molecule has 7 nitrogen and oxygen atoms in total. The standard InChI is InChI=1S/C11H13N5O2/c12-5-6-16-10(9(11(17)18)14-15-16)7-1-3-8(13)4-2-7/h1-4H,5-6,12-13H2,(H,17,18). The van der Waals surface area contributed by atoms with Crippen molar-refractivity contribution >= 4 is 11.7 Å². The third-order valence-electron chi connectivity index (χ3n) is 2.46. The summed E-state index contributed by atoms with van der Waals surface area (Å²) in [5, 5.41) is 16.6. The van der Waals surface area contributed by atoms with Gasteiger partial charge in [0.05, 0.1) is 6.54 Å². The molecule has 0 fully saturated rings. The van der Waals surface area contributed by atoms with Crippen molar-refractivity contribution in [3.8, 4) is 11.3 Å². The van der Waals surface area contributed by atoms with E-state index >= 15 is 0 Å². The highest BCUT2D eigenvalue weighted by atomic mass is 16.4. The van der Waals surface area contributed by atoms with Crippen LogP contribution in [0.2, 0.25) is 0 Å². The predicted molar refractivity (Wildman–Crippen MR) is 65.9 cm³/mol. The van der Waals surface area contributed by atoms with Crippen molar-refractivity contribution in [1.29, 1.82) is 0 Å². The van der Waals surface area contributed by atoms with E-state index in [0.717, 1.165) is 0 Å². The number of aromatic carboxylic acids is 1. The average Bonchev–Trinajstić information content (AvgIpc) is 2.75. The molecule has 0 atom stereocenters. The molecule has 0 saturated carbocycles. The Morgan fingerprint density at radius 3 is 2.56 bits per heavy atom. The minimum absolute atomic E-state index is 0.0896. The Kier molecular flexibility index (Phi) is 3.24. The summed E-state index contributed by atoms with van der Waals surface area (Å²) < 4.78 is 1.48. The van der Waals surface area contributed by atoms with E-state index in [1.54, 1.807) is 24.3 Å². The van der Waals surface area contributed by atoms with Gasteiger partial charge in [-0.05, 0) is 12.1 Å². The highest BCUT2D eigenvalue weighted by Gasteiger charge is 2.19. The van der Waals surface area contributed by atoms with Gasteiger partial charge in [-0.15, -0.1) is 5.10 Å². The van der Waals surface area contributed by atoms with Crippen LogP contribution >= 0.6 is 0 Å². The van der Waals surface area contributed by atoms with Crippen LogP contribution in [0, 0.1) is 0 Å². The maximum absolute atomic E-state index is 11.1. The average molecular weight is 247 g/mol. The number of anilines is 1. The van der Waals surface area contributed by atoms with Crippen molar-refractivity contribution in [3.05, 3.63) is 30.0 Å². The number of aromatic nitrogens is 3. The third-order valence-corrected chi connectivity index (χ3v) is 2.46. The minimum atomic E-state index is -1.12. The molecule has 0 unspecified atom stereocenters. The Morgan fingerprint density at radius 2 is 2.00 bits per heavy atom. The number of benzene rings is 1. The maximum Gasteiger partial charge on any atom is 0.358 e. The Morgan fingerprint density at radius 1 is 1.33 bits per heavy atom. The Balaban J connectivity index is 2.55. The first kappa shape index (κ1) is 12.1. The lowest BCUT2D eigenvalue weighted by molar-refractivity contribution is 0.0691. The second-order valence-corrected chi connectivity index (χ2v) is 3.73. The highest BCUT2D eigenvalue weighted by Crippen LogP contribution is 2.23. The molecule has 2 aromatic rings. The number of carboxylic acid groups (broad SMARTS) is 1. The summed E-state index contributed by atoms with van der Waals surface area (Å²) in [5.74, 6) is -1.12. The van der Waals surface area contributed by atoms with E-state index in [0.29, 0.717) is 30.0 Å². The van der Waals surface area contributed by atoms with Crippen LogP contribution < -0.4 is 11.5 Å². The van der Waals surface area contributed by atoms with Gasteiger partial charge in [0.15, 0.2) is 5.69 Å². The van der Waals surface area contributed by atoms with Crippen LogP contribution in [0.4, 0.5) is 5.69 Å². The summed E-state index contributed by atoms with van der Waals surface area (Å²) in [6.45, 7) is 0.754. The molecule has 0 aliphatic carbocycles. The number of nitrogens with two attached hydrogens (primary N) is 2. The zero-order valence-electron chi connectivity index (χ0n) is 9.58. The number of hydrogen-bond acceptors (Lipinski definition) is 5. The summed E-state index contributed by atoms with van der Waals surface area (Å²) in [5.41, 5.74) is 12.7. The summed E-state index contributed by atoms with van der Waals surface area (Å²) in [4.78, 5) is 11.1. The Hall–Kier alpha value is -2.41. The summed E-state index contributed by atoms with van der Waals surface area (Å²) in [7, 11) is 0. The van der Waals surface area contributed by atoms with Gasteiger partial charge in [-0.1, -0.05) is 17.3 Å². The van der Waals surface area contributed by atoms with Crippen LogP contribution in [0.3, 0.4) is 0 Å². The fraction of sp³-hybridized carbons (Fsp3) is 0.182. The van der Waals surface area contributed by atoms with Crippen molar-refractivity contribution < 1.29 is 9.90 Å². The lowest BCUT2D eigenvalue weighted by atomic mass is 10.1. The molecule has 1 aromatic carbocycles. The maximum atomic E-state index is 11.1. The van der Waals surface area contributed by atoms with Gasteiger partial charge in [0, 0.05) is 17.8 Å². The van der Waals surface area contributed by atoms with Crippen LogP contribution in [0.15, 0.2) is 24.3 Å². The normalized spacial score (nSPS) is 10.5. The highest BCUT2D eigenvalue weighted by molar-refractivity contribution is 5.92. The number of rotatable bonds is 4. The van der Waals surface area contributed by atoms with Crippen LogP contribution in [0.25, 0.3) is 11.3 Å². The minimum Gasteiger partial charge on any atom is -0.476 e. The molecule has 1 heterocycles. The van der Waals surface area contributed by atoms with E-state index in [9.17, 15) is 4.79 Å². The molecular weight excluding hydrogens is 234 g/mol. The first-order chi connectivity index (χ1) is 8.63. The van der Waals surface area contributed by atoms with E-state index in [4.69, 9.17) is 16.6 Å². The lowest BCUT2D eigenvalue weighted by Gasteiger charge is -2.06. The van der Waals surface area contributed by atoms with E-state index < -0.39 is 5.97 Å². The van der Waals surface area contributed by atoms with Gasteiger partial charge in [0.1, 0.15) is 5.69 Å². The molecule has 18 heavy (non-hydrogen) atoms. The molecule has 2 rings (SSSR count). The van der Waals surface area contributed by atoms with Crippen molar-refractivity contribution in [2.75, 3.05) is 12.3 Å². The number of nitrogen functional groups attached to an aromatic ring is 1. The number of carboxylic acids is 1. The smallest absolute Gasteiger partial charge is 0.358 e. The van der Waals surface area contributed by atoms with Crippen LogP contribution in [0.5, 0.6) is 0 Å². The van der Waals surface area contributed by atoms with Gasteiger partial charge >= 0.3 is 5.97 Å². The summed E-state index contributed by atoms with van der Waals surface area (Å²) in [6.07, 6.45) is 0. The molecule has 0 bridgehead atoms. The second-order valence-electron chi connectivity index (χ2n) is 3.73. The van der Waals surface area contributed by atoms with E-state index in [1.807, 2.05) is 0 Å². The molecule has 0 aliphatic rings. The van der Waals surface area contributed by atoms with E-state index in [1.165, 1.54) is 4.68 Å². The van der Waals surface area contributed by atoms with Crippen LogP contribution in [-0.4, -0.2) is 32.6 Å². The molecule has 0 aliphatic heterocycles. The molecule has 7 heteroatoms. The fourth-order valence-corrected chi connectivity index (χ4v) is 1.66. The number of nitrogens with zero attached hydrogens (tertiary/aromatic N) is 3. The third kappa shape index (κ3) is 2.16. The molecule has 0 amide bonds. The van der Waals surface area contributed by atoms with E-state index in [-0.39, 0.29) is 5.69 Å². The zero-order valence-corrected chi connectivity index (χ0v) is 9.58. The zero-order chi connectivity index (χ0) is 13.1. The van der Waals surface area contributed by atoms with Gasteiger partial charge in [0.25, 0.3) is 0 Å². The first-order valence-electron chi connectivity index (χ1n) is 5.36. The lowest BCUT2D eigenvalue weighted by Crippen LogP contribution is -2.12. The van der Waals surface area contributed by atoms with Crippen molar-refractivity contribution in [3.63, 3.8) is 0 Å². The largest absolute Gasteiger partial charge is 0.476 e. The SMILES string of the molecule is NCCn1nnc(C(=O)O)c1-c1ccc(N)cc1.